The Morgan fingerprint density at radius 3 is 2.52 bits per heavy atom. The Morgan fingerprint density at radius 2 is 1.76 bits per heavy atom. The van der Waals surface area contributed by atoms with Crippen molar-refractivity contribution in [2.75, 3.05) is 0 Å². The minimum atomic E-state index is -0.957. The average molecular weight is 384 g/mol. The maximum atomic E-state index is 10.6. The van der Waals surface area contributed by atoms with Crippen LogP contribution in [-0.2, 0) is 17.8 Å². The molecule has 0 saturated heterocycles. The third-order valence-electron chi connectivity index (χ3n) is 4.53. The molecule has 4 rings (SSSR count). The van der Waals surface area contributed by atoms with Crippen LogP contribution < -0.4 is 4.74 Å². The number of fused-ring (bicyclic) bond motifs is 1. The topological polar surface area (TPSA) is 75.2 Å². The zero-order valence-electron chi connectivity index (χ0n) is 15.7. The van der Waals surface area contributed by atoms with Gasteiger partial charge in [0.2, 0.25) is 0 Å². The molecule has 0 unspecified atom stereocenters. The van der Waals surface area contributed by atoms with E-state index in [-0.39, 0.29) is 0 Å². The number of ether oxygens (including phenoxy) is 1. The van der Waals surface area contributed by atoms with Gasteiger partial charge in [-0.1, -0.05) is 60.7 Å². The van der Waals surface area contributed by atoms with Gasteiger partial charge < -0.3 is 14.8 Å². The van der Waals surface area contributed by atoms with Crippen LogP contribution in [0.2, 0.25) is 0 Å². The van der Waals surface area contributed by atoms with Gasteiger partial charge >= 0.3 is 5.97 Å². The molecule has 1 aromatic heterocycles. The van der Waals surface area contributed by atoms with Crippen LogP contribution in [0.3, 0.4) is 0 Å². The summed E-state index contributed by atoms with van der Waals surface area (Å²) < 4.78 is 5.99. The molecule has 0 aliphatic heterocycles. The van der Waals surface area contributed by atoms with Gasteiger partial charge in [0.05, 0.1) is 5.52 Å². The summed E-state index contributed by atoms with van der Waals surface area (Å²) in [5.41, 5.74) is 4.80. The molecule has 0 aliphatic carbocycles. The van der Waals surface area contributed by atoms with Crippen molar-refractivity contribution in [3.05, 3.63) is 101 Å². The molecule has 0 bridgehead atoms. The van der Waals surface area contributed by atoms with Crippen LogP contribution in [0.5, 0.6) is 5.75 Å². The molecule has 0 fully saturated rings. The lowest BCUT2D eigenvalue weighted by Gasteiger charge is -2.06. The van der Waals surface area contributed by atoms with Crippen molar-refractivity contribution >= 4 is 23.1 Å². The molecule has 2 N–H and O–H groups in total. The number of hydrogen-bond donors (Lipinski definition) is 2. The van der Waals surface area contributed by atoms with E-state index in [2.05, 4.69) is 4.98 Å². The van der Waals surface area contributed by atoms with E-state index >= 15 is 0 Å². The van der Waals surface area contributed by atoms with Gasteiger partial charge in [-0.2, -0.15) is 0 Å². The molecule has 0 atom stereocenters. The maximum absolute atomic E-state index is 10.6. The number of aromatic amines is 1. The van der Waals surface area contributed by atoms with Crippen molar-refractivity contribution < 1.29 is 14.6 Å². The summed E-state index contributed by atoms with van der Waals surface area (Å²) in [6.07, 6.45) is 3.35. The van der Waals surface area contributed by atoms with E-state index in [1.54, 1.807) is 6.08 Å². The number of aromatic nitrogens is 2. The summed E-state index contributed by atoms with van der Waals surface area (Å²) in [4.78, 5) is 18.7. The zero-order valence-corrected chi connectivity index (χ0v) is 15.7. The smallest absolute Gasteiger partial charge is 0.328 e. The second-order valence-electron chi connectivity index (χ2n) is 6.70. The molecular weight excluding hydrogens is 364 g/mol. The summed E-state index contributed by atoms with van der Waals surface area (Å²) in [6, 6.07) is 23.6. The van der Waals surface area contributed by atoms with E-state index in [1.165, 1.54) is 0 Å². The van der Waals surface area contributed by atoms with Crippen LogP contribution in [0.4, 0.5) is 0 Å². The maximum Gasteiger partial charge on any atom is 0.328 e. The van der Waals surface area contributed by atoms with Gasteiger partial charge in [0.15, 0.2) is 0 Å². The van der Waals surface area contributed by atoms with E-state index in [1.807, 2.05) is 72.8 Å². The van der Waals surface area contributed by atoms with Gasteiger partial charge in [-0.05, 0) is 34.9 Å². The highest BCUT2D eigenvalue weighted by atomic mass is 16.5. The number of aliphatic carboxylic acids is 1. The lowest BCUT2D eigenvalue weighted by molar-refractivity contribution is -0.131. The number of imidazole rings is 1. The Bertz CT molecular complexity index is 1150. The minimum absolute atomic E-state index is 0.494. The molecule has 0 saturated carbocycles. The molecule has 29 heavy (non-hydrogen) atoms. The molecular formula is C24H20N2O3. The number of nitrogens with zero attached hydrogens (tertiary/aromatic N) is 1. The van der Waals surface area contributed by atoms with Gasteiger partial charge in [-0.25, -0.2) is 9.78 Å². The molecule has 3 aromatic carbocycles. The Kier molecular flexibility index (Phi) is 5.38. The normalized spacial score (nSPS) is 11.2. The van der Waals surface area contributed by atoms with Crippen molar-refractivity contribution in [1.29, 1.82) is 0 Å². The number of nitrogens with one attached hydrogen (secondary N) is 1. The number of rotatable bonds is 7. The summed E-state index contributed by atoms with van der Waals surface area (Å²) in [5.74, 6) is 0.647. The van der Waals surface area contributed by atoms with Crippen LogP contribution in [0, 0.1) is 0 Å². The fraction of sp³-hybridized carbons (Fsp3) is 0.0833. The van der Waals surface area contributed by atoms with Crippen LogP contribution in [0.1, 0.15) is 22.5 Å². The standard InChI is InChI=1S/C24H20N2O3/c27-23(28)14-13-17-9-11-18(12-10-17)15-22-25-20-7-4-8-21(24(20)26-22)29-16-19-5-2-1-3-6-19/h1-14H,15-16H2,(H,25,26)(H,27,28)/b14-13+. The van der Waals surface area contributed by atoms with Crippen molar-refractivity contribution in [2.45, 2.75) is 13.0 Å². The van der Waals surface area contributed by atoms with Crippen LogP contribution in [0.25, 0.3) is 17.1 Å². The van der Waals surface area contributed by atoms with Gasteiger partial charge in [-0.15, -0.1) is 0 Å². The van der Waals surface area contributed by atoms with E-state index in [9.17, 15) is 4.79 Å². The van der Waals surface area contributed by atoms with Crippen molar-refractivity contribution in [3.8, 4) is 5.75 Å². The Morgan fingerprint density at radius 1 is 0.966 bits per heavy atom. The van der Waals surface area contributed by atoms with Gasteiger partial charge in [0.1, 0.15) is 23.7 Å². The summed E-state index contributed by atoms with van der Waals surface area (Å²) in [5, 5.41) is 8.71. The first-order chi connectivity index (χ1) is 14.2. The van der Waals surface area contributed by atoms with Crippen LogP contribution in [-0.4, -0.2) is 21.0 Å². The molecule has 5 nitrogen and oxygen atoms in total. The molecule has 0 amide bonds. The highest BCUT2D eigenvalue weighted by Crippen LogP contribution is 2.25. The predicted octanol–water partition coefficient (Wildman–Crippen LogP) is 4.83. The van der Waals surface area contributed by atoms with E-state index in [0.29, 0.717) is 13.0 Å². The van der Waals surface area contributed by atoms with E-state index in [0.717, 1.165) is 45.4 Å². The lowest BCUT2D eigenvalue weighted by atomic mass is 10.1. The number of benzene rings is 3. The highest BCUT2D eigenvalue weighted by molar-refractivity contribution is 5.85. The number of H-pyrrole nitrogens is 1. The number of para-hydroxylation sites is 1. The van der Waals surface area contributed by atoms with Crippen molar-refractivity contribution in [2.24, 2.45) is 0 Å². The molecule has 1 heterocycles. The first-order valence-corrected chi connectivity index (χ1v) is 9.32. The van der Waals surface area contributed by atoms with Gasteiger partial charge in [-0.3, -0.25) is 0 Å². The molecule has 0 aliphatic rings. The van der Waals surface area contributed by atoms with E-state index < -0.39 is 5.97 Å². The van der Waals surface area contributed by atoms with Crippen molar-refractivity contribution in [1.82, 2.24) is 9.97 Å². The number of carbonyl (C=O) groups is 1. The third-order valence-corrected chi connectivity index (χ3v) is 4.53. The zero-order chi connectivity index (χ0) is 20.1. The monoisotopic (exact) mass is 384 g/mol. The third kappa shape index (κ3) is 4.71. The highest BCUT2D eigenvalue weighted by Gasteiger charge is 2.09. The predicted molar refractivity (Wildman–Crippen MR) is 113 cm³/mol. The number of hydrogen-bond acceptors (Lipinski definition) is 3. The fourth-order valence-corrected chi connectivity index (χ4v) is 3.10. The summed E-state index contributed by atoms with van der Waals surface area (Å²) in [6.45, 7) is 0.494. The molecule has 0 radical (unpaired) electrons. The van der Waals surface area contributed by atoms with Crippen molar-refractivity contribution in [3.63, 3.8) is 0 Å². The fourth-order valence-electron chi connectivity index (χ4n) is 3.10. The Hall–Kier alpha value is -3.86. The second kappa shape index (κ2) is 8.44. The SMILES string of the molecule is O=C(O)/C=C/c1ccc(Cc2nc3c(OCc4ccccc4)cccc3[nH]2)cc1. The lowest BCUT2D eigenvalue weighted by Crippen LogP contribution is -1.95. The Balaban J connectivity index is 1.49. The van der Waals surface area contributed by atoms with E-state index in [4.69, 9.17) is 14.8 Å². The average Bonchev–Trinajstić information content (AvgIpc) is 3.15. The first kappa shape index (κ1) is 18.5. The molecule has 144 valence electrons. The summed E-state index contributed by atoms with van der Waals surface area (Å²) in [7, 11) is 0. The Labute approximate surface area is 168 Å². The number of carboxylic acids is 1. The molecule has 5 heteroatoms. The largest absolute Gasteiger partial charge is 0.487 e. The molecule has 4 aromatic rings. The first-order valence-electron chi connectivity index (χ1n) is 9.32. The van der Waals surface area contributed by atoms with Gasteiger partial charge in [0, 0.05) is 12.5 Å². The number of carboxylic acid groups (broad SMARTS) is 1. The van der Waals surface area contributed by atoms with Gasteiger partial charge in [0.25, 0.3) is 0 Å². The quantitative estimate of drug-likeness (QED) is 0.448. The second-order valence-corrected chi connectivity index (χ2v) is 6.70. The molecule has 0 spiro atoms. The van der Waals surface area contributed by atoms with Crippen LogP contribution in [0.15, 0.2) is 78.9 Å². The van der Waals surface area contributed by atoms with Crippen LogP contribution >= 0.6 is 0 Å². The minimum Gasteiger partial charge on any atom is -0.487 e. The summed E-state index contributed by atoms with van der Waals surface area (Å²) >= 11 is 0.